The zero-order valence-corrected chi connectivity index (χ0v) is 16.4. The molecule has 0 aliphatic carbocycles. The Kier molecular flexibility index (Phi) is 6.59. The van der Waals surface area contributed by atoms with Gasteiger partial charge in [-0.25, -0.2) is 4.79 Å². The van der Waals surface area contributed by atoms with Gasteiger partial charge in [0, 0.05) is 24.7 Å². The largest absolute Gasteiger partial charge is 0.454 e. The standard InChI is InChI=1S/C22H24N2O5/c1-16-6-8-17(9-7-16)21(25)15-29-22(26)18-10-11-19(20(14-18)24(27)28)23-12-4-2-3-5-13-23/h6-11,14H,2-5,12-13,15H2,1H3. The number of carbonyl (C=O) groups excluding carboxylic acids is 2. The molecule has 0 bridgehead atoms. The van der Waals surface area contributed by atoms with Gasteiger partial charge >= 0.3 is 5.97 Å². The number of nitro groups is 1. The molecular weight excluding hydrogens is 372 g/mol. The van der Waals surface area contributed by atoms with Crippen LogP contribution in [0.4, 0.5) is 11.4 Å². The first-order chi connectivity index (χ1) is 14.0. The highest BCUT2D eigenvalue weighted by atomic mass is 16.6. The number of rotatable bonds is 6. The summed E-state index contributed by atoms with van der Waals surface area (Å²) in [5.41, 5.74) is 1.93. The number of ketones is 1. The molecule has 7 heteroatoms. The van der Waals surface area contributed by atoms with Gasteiger partial charge < -0.3 is 9.64 Å². The summed E-state index contributed by atoms with van der Waals surface area (Å²) in [4.78, 5) is 37.6. The highest BCUT2D eigenvalue weighted by Gasteiger charge is 2.23. The zero-order valence-electron chi connectivity index (χ0n) is 16.4. The number of hydrogen-bond donors (Lipinski definition) is 0. The summed E-state index contributed by atoms with van der Waals surface area (Å²) in [7, 11) is 0. The van der Waals surface area contributed by atoms with Crippen LogP contribution in [0.15, 0.2) is 42.5 Å². The van der Waals surface area contributed by atoms with Crippen molar-refractivity contribution >= 4 is 23.1 Å². The van der Waals surface area contributed by atoms with E-state index in [1.54, 1.807) is 30.3 Å². The number of carbonyl (C=O) groups is 2. The van der Waals surface area contributed by atoms with Crippen LogP contribution in [-0.4, -0.2) is 36.4 Å². The summed E-state index contributed by atoms with van der Waals surface area (Å²) in [6.07, 6.45) is 4.21. The molecule has 1 saturated heterocycles. The molecule has 0 spiro atoms. The van der Waals surface area contributed by atoms with E-state index in [1.165, 1.54) is 12.1 Å². The van der Waals surface area contributed by atoms with Crippen LogP contribution in [0.1, 0.15) is 52.0 Å². The van der Waals surface area contributed by atoms with E-state index in [1.807, 2.05) is 11.8 Å². The van der Waals surface area contributed by atoms with Gasteiger partial charge in [0.25, 0.3) is 5.69 Å². The number of hydrogen-bond acceptors (Lipinski definition) is 6. The van der Waals surface area contributed by atoms with E-state index in [0.717, 1.165) is 44.3 Å². The minimum atomic E-state index is -0.754. The summed E-state index contributed by atoms with van der Waals surface area (Å²) in [5, 5.41) is 11.6. The molecular formula is C22H24N2O5. The van der Waals surface area contributed by atoms with E-state index in [-0.39, 0.29) is 17.0 Å². The lowest BCUT2D eigenvalue weighted by molar-refractivity contribution is -0.384. The predicted molar refractivity (Wildman–Crippen MR) is 110 cm³/mol. The molecule has 2 aromatic rings. The van der Waals surface area contributed by atoms with Gasteiger partial charge in [-0.05, 0) is 31.9 Å². The highest BCUT2D eigenvalue weighted by Crippen LogP contribution is 2.31. The van der Waals surface area contributed by atoms with Crippen molar-refractivity contribution in [3.8, 4) is 0 Å². The Morgan fingerprint density at radius 2 is 1.62 bits per heavy atom. The number of aryl methyl sites for hydroxylation is 1. The van der Waals surface area contributed by atoms with Gasteiger partial charge in [-0.15, -0.1) is 0 Å². The molecule has 2 aromatic carbocycles. The van der Waals surface area contributed by atoms with Gasteiger partial charge in [0.05, 0.1) is 10.5 Å². The topological polar surface area (TPSA) is 89.8 Å². The minimum Gasteiger partial charge on any atom is -0.454 e. The van der Waals surface area contributed by atoms with Gasteiger partial charge in [-0.2, -0.15) is 0 Å². The van der Waals surface area contributed by atoms with Crippen molar-refractivity contribution in [3.63, 3.8) is 0 Å². The third kappa shape index (κ3) is 5.19. The highest BCUT2D eigenvalue weighted by molar-refractivity contribution is 5.99. The SMILES string of the molecule is Cc1ccc(C(=O)COC(=O)c2ccc(N3CCCCCC3)c([N+](=O)[O-])c2)cc1. The van der Waals surface area contributed by atoms with Crippen LogP contribution in [0.2, 0.25) is 0 Å². The van der Waals surface area contributed by atoms with E-state index in [2.05, 4.69) is 0 Å². The third-order valence-corrected chi connectivity index (χ3v) is 5.06. The number of esters is 1. The molecule has 0 unspecified atom stereocenters. The molecule has 29 heavy (non-hydrogen) atoms. The zero-order chi connectivity index (χ0) is 20.8. The van der Waals surface area contributed by atoms with Crippen molar-refractivity contribution < 1.29 is 19.2 Å². The number of Topliss-reactive ketones (excluding diaryl/α,β-unsaturated/α-hetero) is 1. The van der Waals surface area contributed by atoms with E-state index in [4.69, 9.17) is 4.74 Å². The molecule has 0 atom stereocenters. The molecule has 0 amide bonds. The second-order valence-electron chi connectivity index (χ2n) is 7.23. The van der Waals surface area contributed by atoms with E-state index < -0.39 is 17.5 Å². The molecule has 152 valence electrons. The summed E-state index contributed by atoms with van der Waals surface area (Å²) < 4.78 is 5.09. The Morgan fingerprint density at radius 3 is 2.24 bits per heavy atom. The van der Waals surface area contributed by atoms with Gasteiger partial charge in [-0.1, -0.05) is 42.7 Å². The second-order valence-corrected chi connectivity index (χ2v) is 7.23. The normalized spacial score (nSPS) is 14.2. The van der Waals surface area contributed by atoms with Crippen molar-refractivity contribution in [3.05, 3.63) is 69.3 Å². The van der Waals surface area contributed by atoms with Gasteiger partial charge in [-0.3, -0.25) is 14.9 Å². The maximum Gasteiger partial charge on any atom is 0.338 e. The molecule has 0 aromatic heterocycles. The minimum absolute atomic E-state index is 0.0620. The first kappa shape index (κ1) is 20.5. The molecule has 0 saturated carbocycles. The average molecular weight is 396 g/mol. The Labute approximate surface area is 169 Å². The number of benzene rings is 2. The summed E-state index contributed by atoms with van der Waals surface area (Å²) in [5.74, 6) is -1.08. The Balaban J connectivity index is 1.71. The first-order valence-corrected chi connectivity index (χ1v) is 9.76. The van der Waals surface area contributed by atoms with Crippen molar-refractivity contribution in [2.75, 3.05) is 24.6 Å². The Bertz CT molecular complexity index is 900. The summed E-state index contributed by atoms with van der Waals surface area (Å²) in [6, 6.07) is 11.3. The van der Waals surface area contributed by atoms with Crippen LogP contribution in [0.25, 0.3) is 0 Å². The van der Waals surface area contributed by atoms with Crippen LogP contribution < -0.4 is 4.90 Å². The number of nitro benzene ring substituents is 1. The van der Waals surface area contributed by atoms with E-state index in [0.29, 0.717) is 11.3 Å². The van der Waals surface area contributed by atoms with Crippen molar-refractivity contribution in [2.24, 2.45) is 0 Å². The van der Waals surface area contributed by atoms with Gasteiger partial charge in [0.15, 0.2) is 12.4 Å². The molecule has 3 rings (SSSR count). The van der Waals surface area contributed by atoms with Crippen LogP contribution in [0, 0.1) is 17.0 Å². The van der Waals surface area contributed by atoms with Crippen LogP contribution in [0.3, 0.4) is 0 Å². The molecule has 1 aliphatic rings. The summed E-state index contributed by atoms with van der Waals surface area (Å²) in [6.45, 7) is 3.02. The second kappa shape index (κ2) is 9.32. The Morgan fingerprint density at radius 1 is 1.00 bits per heavy atom. The molecule has 1 aliphatic heterocycles. The fourth-order valence-electron chi connectivity index (χ4n) is 3.41. The smallest absolute Gasteiger partial charge is 0.338 e. The lowest BCUT2D eigenvalue weighted by atomic mass is 10.1. The van der Waals surface area contributed by atoms with Gasteiger partial charge in [0.1, 0.15) is 5.69 Å². The summed E-state index contributed by atoms with van der Waals surface area (Å²) >= 11 is 0. The molecule has 0 radical (unpaired) electrons. The van der Waals surface area contributed by atoms with Crippen LogP contribution in [0.5, 0.6) is 0 Å². The van der Waals surface area contributed by atoms with Crippen molar-refractivity contribution in [1.82, 2.24) is 0 Å². The first-order valence-electron chi connectivity index (χ1n) is 9.76. The lowest BCUT2D eigenvalue weighted by Gasteiger charge is -2.22. The Hall–Kier alpha value is -3.22. The monoisotopic (exact) mass is 396 g/mol. The van der Waals surface area contributed by atoms with Crippen LogP contribution >= 0.6 is 0 Å². The quantitative estimate of drug-likeness (QED) is 0.313. The number of nitrogens with zero attached hydrogens (tertiary/aromatic N) is 2. The number of anilines is 1. The number of ether oxygens (including phenoxy) is 1. The van der Waals surface area contributed by atoms with E-state index >= 15 is 0 Å². The molecule has 0 N–H and O–H groups in total. The van der Waals surface area contributed by atoms with E-state index in [9.17, 15) is 19.7 Å². The lowest BCUT2D eigenvalue weighted by Crippen LogP contribution is -2.25. The predicted octanol–water partition coefficient (Wildman–Crippen LogP) is 4.32. The average Bonchev–Trinajstić information content (AvgIpc) is 3.01. The fourth-order valence-corrected chi connectivity index (χ4v) is 3.41. The fraction of sp³-hybridized carbons (Fsp3) is 0.364. The molecule has 1 heterocycles. The maximum absolute atomic E-state index is 12.3. The van der Waals surface area contributed by atoms with Crippen molar-refractivity contribution in [1.29, 1.82) is 0 Å². The van der Waals surface area contributed by atoms with Gasteiger partial charge in [0.2, 0.25) is 0 Å². The van der Waals surface area contributed by atoms with Crippen LogP contribution in [-0.2, 0) is 4.74 Å². The third-order valence-electron chi connectivity index (χ3n) is 5.06. The molecule has 7 nitrogen and oxygen atoms in total. The molecule has 1 fully saturated rings. The maximum atomic E-state index is 12.3. The van der Waals surface area contributed by atoms with Crippen molar-refractivity contribution in [2.45, 2.75) is 32.6 Å².